The van der Waals surface area contributed by atoms with Crippen molar-refractivity contribution in [2.24, 2.45) is 5.92 Å². The quantitative estimate of drug-likeness (QED) is 0.559. The van der Waals surface area contributed by atoms with Crippen LogP contribution < -0.4 is 10.0 Å². The molecule has 9 heteroatoms. The van der Waals surface area contributed by atoms with Crippen molar-refractivity contribution in [1.82, 2.24) is 19.8 Å². The second-order valence-corrected chi connectivity index (χ2v) is 10.3. The molecular formula is C22H36N4O4S. The van der Waals surface area contributed by atoms with Crippen LogP contribution in [0, 0.1) is 12.8 Å². The standard InChI is InChI=1S/C22H36N4O4S/c1-5-10-23-21(27)16-25-11-13-26(14-12-25)22(28)20(15-17(2)3)24-31(29,30)19-8-6-18(4)7-9-19/h6-9,17,20,24H,5,10-16H2,1-4H3,(H,23,27). The van der Waals surface area contributed by atoms with Crippen molar-refractivity contribution >= 4 is 21.8 Å². The fourth-order valence-electron chi connectivity index (χ4n) is 3.51. The number of amides is 2. The summed E-state index contributed by atoms with van der Waals surface area (Å²) in [4.78, 5) is 29.0. The number of hydrogen-bond acceptors (Lipinski definition) is 5. The summed E-state index contributed by atoms with van der Waals surface area (Å²) in [6.07, 6.45) is 1.31. The molecule has 1 heterocycles. The molecule has 2 N–H and O–H groups in total. The van der Waals surface area contributed by atoms with Crippen LogP contribution in [0.15, 0.2) is 29.2 Å². The molecule has 2 amide bonds. The van der Waals surface area contributed by atoms with Crippen molar-refractivity contribution in [2.75, 3.05) is 39.3 Å². The van der Waals surface area contributed by atoms with E-state index in [0.29, 0.717) is 45.7 Å². The molecule has 0 aliphatic carbocycles. The molecule has 1 unspecified atom stereocenters. The number of benzene rings is 1. The van der Waals surface area contributed by atoms with Crippen LogP contribution in [-0.2, 0) is 19.6 Å². The zero-order valence-electron chi connectivity index (χ0n) is 19.1. The molecule has 1 aromatic carbocycles. The van der Waals surface area contributed by atoms with E-state index in [-0.39, 0.29) is 22.6 Å². The summed E-state index contributed by atoms with van der Waals surface area (Å²) in [6.45, 7) is 10.9. The first-order valence-corrected chi connectivity index (χ1v) is 12.5. The Hall–Kier alpha value is -1.97. The van der Waals surface area contributed by atoms with Crippen molar-refractivity contribution in [2.45, 2.75) is 51.5 Å². The third-order valence-electron chi connectivity index (χ3n) is 5.26. The Kier molecular flexibility index (Phi) is 9.46. The number of aryl methyl sites for hydroxylation is 1. The molecule has 2 rings (SSSR count). The van der Waals surface area contributed by atoms with E-state index in [2.05, 4.69) is 10.0 Å². The van der Waals surface area contributed by atoms with Crippen molar-refractivity contribution in [3.05, 3.63) is 29.8 Å². The fraction of sp³-hybridized carbons (Fsp3) is 0.636. The Balaban J connectivity index is 2.00. The van der Waals surface area contributed by atoms with Gasteiger partial charge in [0.2, 0.25) is 21.8 Å². The predicted molar refractivity (Wildman–Crippen MR) is 121 cm³/mol. The van der Waals surface area contributed by atoms with Gasteiger partial charge in [0.05, 0.1) is 11.4 Å². The minimum atomic E-state index is -3.80. The summed E-state index contributed by atoms with van der Waals surface area (Å²) in [5.74, 6) is -0.0668. The highest BCUT2D eigenvalue weighted by Gasteiger charge is 2.31. The van der Waals surface area contributed by atoms with Gasteiger partial charge >= 0.3 is 0 Å². The van der Waals surface area contributed by atoms with Crippen molar-refractivity contribution < 1.29 is 18.0 Å². The van der Waals surface area contributed by atoms with Crippen molar-refractivity contribution in [3.63, 3.8) is 0 Å². The van der Waals surface area contributed by atoms with Crippen LogP contribution in [0.5, 0.6) is 0 Å². The van der Waals surface area contributed by atoms with Gasteiger partial charge in [0, 0.05) is 32.7 Å². The molecule has 0 saturated carbocycles. The number of hydrogen-bond donors (Lipinski definition) is 2. The fourth-order valence-corrected chi connectivity index (χ4v) is 4.72. The number of rotatable bonds is 10. The Morgan fingerprint density at radius 3 is 2.23 bits per heavy atom. The normalized spacial score (nSPS) is 16.4. The molecule has 8 nitrogen and oxygen atoms in total. The van der Waals surface area contributed by atoms with Crippen LogP contribution >= 0.6 is 0 Å². The van der Waals surface area contributed by atoms with Crippen LogP contribution in [0.25, 0.3) is 0 Å². The second-order valence-electron chi connectivity index (χ2n) is 8.57. The van der Waals surface area contributed by atoms with Gasteiger partial charge in [-0.15, -0.1) is 0 Å². The average Bonchev–Trinajstić information content (AvgIpc) is 2.71. The first-order chi connectivity index (χ1) is 14.6. The van der Waals surface area contributed by atoms with Gasteiger partial charge in [-0.25, -0.2) is 8.42 Å². The smallest absolute Gasteiger partial charge is 0.241 e. The molecule has 0 spiro atoms. The molecule has 1 aromatic rings. The third kappa shape index (κ3) is 7.90. The highest BCUT2D eigenvalue weighted by molar-refractivity contribution is 7.89. The van der Waals surface area contributed by atoms with Crippen molar-refractivity contribution in [3.8, 4) is 0 Å². The van der Waals surface area contributed by atoms with E-state index in [1.54, 1.807) is 29.2 Å². The minimum Gasteiger partial charge on any atom is -0.355 e. The van der Waals surface area contributed by atoms with Gasteiger partial charge in [0.1, 0.15) is 6.04 Å². The maximum atomic E-state index is 13.2. The molecule has 174 valence electrons. The molecule has 0 bridgehead atoms. The lowest BCUT2D eigenvalue weighted by molar-refractivity contribution is -0.135. The summed E-state index contributed by atoms with van der Waals surface area (Å²) in [6, 6.07) is 5.77. The summed E-state index contributed by atoms with van der Waals surface area (Å²) < 4.78 is 28.3. The van der Waals surface area contributed by atoms with E-state index < -0.39 is 16.1 Å². The maximum Gasteiger partial charge on any atom is 0.241 e. The highest BCUT2D eigenvalue weighted by Crippen LogP contribution is 2.15. The van der Waals surface area contributed by atoms with E-state index in [0.717, 1.165) is 12.0 Å². The van der Waals surface area contributed by atoms with Crippen LogP contribution in [0.2, 0.25) is 0 Å². The number of carbonyl (C=O) groups excluding carboxylic acids is 2. The van der Waals surface area contributed by atoms with Crippen LogP contribution in [0.3, 0.4) is 0 Å². The van der Waals surface area contributed by atoms with E-state index >= 15 is 0 Å². The van der Waals surface area contributed by atoms with Crippen LogP contribution in [0.4, 0.5) is 0 Å². The highest BCUT2D eigenvalue weighted by atomic mass is 32.2. The molecule has 0 radical (unpaired) electrons. The first-order valence-electron chi connectivity index (χ1n) is 11.0. The summed E-state index contributed by atoms with van der Waals surface area (Å²) in [7, 11) is -3.80. The number of sulfonamides is 1. The van der Waals surface area contributed by atoms with Crippen molar-refractivity contribution in [1.29, 1.82) is 0 Å². The Labute approximate surface area is 186 Å². The number of piperazine rings is 1. The lowest BCUT2D eigenvalue weighted by atomic mass is 10.0. The van der Waals surface area contributed by atoms with Gasteiger partial charge in [-0.3, -0.25) is 14.5 Å². The topological polar surface area (TPSA) is 98.8 Å². The molecule has 1 atom stereocenters. The van der Waals surface area contributed by atoms with Crippen LogP contribution in [0.1, 0.15) is 39.2 Å². The predicted octanol–water partition coefficient (Wildman–Crippen LogP) is 1.36. The van der Waals surface area contributed by atoms with Gasteiger partial charge in [0.25, 0.3) is 0 Å². The zero-order chi connectivity index (χ0) is 23.0. The second kappa shape index (κ2) is 11.6. The first kappa shape index (κ1) is 25.3. The van der Waals surface area contributed by atoms with Gasteiger partial charge in [-0.1, -0.05) is 38.5 Å². The monoisotopic (exact) mass is 452 g/mol. The number of carbonyl (C=O) groups is 2. The number of nitrogens with zero attached hydrogens (tertiary/aromatic N) is 2. The van der Waals surface area contributed by atoms with E-state index in [1.165, 1.54) is 0 Å². The zero-order valence-corrected chi connectivity index (χ0v) is 19.9. The summed E-state index contributed by atoms with van der Waals surface area (Å²) in [5.41, 5.74) is 0.968. The number of nitrogens with one attached hydrogen (secondary N) is 2. The lowest BCUT2D eigenvalue weighted by Gasteiger charge is -2.36. The molecule has 1 aliphatic heterocycles. The van der Waals surface area contributed by atoms with Gasteiger partial charge in [-0.05, 0) is 37.8 Å². The molecule has 0 aromatic heterocycles. The summed E-state index contributed by atoms with van der Waals surface area (Å²) in [5, 5.41) is 2.86. The van der Waals surface area contributed by atoms with E-state index in [9.17, 15) is 18.0 Å². The lowest BCUT2D eigenvalue weighted by Crippen LogP contribution is -2.56. The molecule has 1 fully saturated rings. The molecule has 1 aliphatic rings. The minimum absolute atomic E-state index is 0.00910. The molecular weight excluding hydrogens is 416 g/mol. The summed E-state index contributed by atoms with van der Waals surface area (Å²) >= 11 is 0. The van der Waals surface area contributed by atoms with E-state index in [4.69, 9.17) is 0 Å². The maximum absolute atomic E-state index is 13.2. The van der Waals surface area contributed by atoms with Gasteiger partial charge < -0.3 is 10.2 Å². The molecule has 1 saturated heterocycles. The van der Waals surface area contributed by atoms with E-state index in [1.807, 2.05) is 32.6 Å². The Bertz CT molecular complexity index is 832. The SMILES string of the molecule is CCCNC(=O)CN1CCN(C(=O)C(CC(C)C)NS(=O)(=O)c2ccc(C)cc2)CC1. The Morgan fingerprint density at radius 2 is 1.68 bits per heavy atom. The Morgan fingerprint density at radius 1 is 1.06 bits per heavy atom. The average molecular weight is 453 g/mol. The van der Waals surface area contributed by atoms with Crippen LogP contribution in [-0.4, -0.2) is 75.3 Å². The van der Waals surface area contributed by atoms with Gasteiger partial charge in [0.15, 0.2) is 0 Å². The molecule has 31 heavy (non-hydrogen) atoms. The van der Waals surface area contributed by atoms with Gasteiger partial charge in [-0.2, -0.15) is 4.72 Å². The largest absolute Gasteiger partial charge is 0.355 e. The third-order valence-corrected chi connectivity index (χ3v) is 6.74.